The summed E-state index contributed by atoms with van der Waals surface area (Å²) >= 11 is 0. The minimum atomic E-state index is -0.821. The molecule has 68 valence electrons. The maximum atomic E-state index is 10.8. The number of hydrogen-bond donors (Lipinski definition) is 2. The lowest BCUT2D eigenvalue weighted by molar-refractivity contribution is -0.138. The van der Waals surface area contributed by atoms with Crippen molar-refractivity contribution in [2.75, 3.05) is 5.32 Å². The molecule has 0 amide bonds. The predicted molar refractivity (Wildman–Crippen MR) is 45.3 cm³/mol. The number of anilines is 1. The minimum absolute atomic E-state index is 0.516. The Bertz CT molecular complexity index is 321. The Balaban J connectivity index is 2.11. The summed E-state index contributed by atoms with van der Waals surface area (Å²) in [6.07, 6.45) is 5.90. The van der Waals surface area contributed by atoms with Gasteiger partial charge in [-0.25, -0.2) is 9.78 Å². The summed E-state index contributed by atoms with van der Waals surface area (Å²) < 4.78 is 0. The van der Waals surface area contributed by atoms with Crippen molar-refractivity contribution >= 4 is 11.8 Å². The zero-order valence-electron chi connectivity index (χ0n) is 6.90. The number of rotatable bonds is 3. The molecule has 2 rings (SSSR count). The van der Waals surface area contributed by atoms with Crippen LogP contribution in [0.15, 0.2) is 18.6 Å². The van der Waals surface area contributed by atoms with Crippen molar-refractivity contribution in [1.29, 1.82) is 0 Å². The number of carbonyl (C=O) groups is 1. The van der Waals surface area contributed by atoms with E-state index in [0.29, 0.717) is 18.7 Å². The van der Waals surface area contributed by atoms with Crippen LogP contribution < -0.4 is 5.32 Å². The Morgan fingerprint density at radius 1 is 1.54 bits per heavy atom. The number of nitrogens with one attached hydrogen (secondary N) is 1. The Kier molecular flexibility index (Phi) is 1.65. The van der Waals surface area contributed by atoms with Crippen molar-refractivity contribution in [3.8, 4) is 0 Å². The molecule has 13 heavy (non-hydrogen) atoms. The van der Waals surface area contributed by atoms with E-state index in [1.165, 1.54) is 12.4 Å². The van der Waals surface area contributed by atoms with Gasteiger partial charge in [-0.3, -0.25) is 4.98 Å². The SMILES string of the molecule is O=C(O)C1(Nc2cnccn2)CC1. The van der Waals surface area contributed by atoms with E-state index in [4.69, 9.17) is 5.11 Å². The van der Waals surface area contributed by atoms with Gasteiger partial charge in [-0.2, -0.15) is 0 Å². The second-order valence-electron chi connectivity index (χ2n) is 3.10. The summed E-state index contributed by atoms with van der Waals surface area (Å²) in [5.74, 6) is -0.305. The lowest BCUT2D eigenvalue weighted by atomic mass is 10.3. The van der Waals surface area contributed by atoms with E-state index in [9.17, 15) is 4.79 Å². The molecular weight excluding hydrogens is 170 g/mol. The third-order valence-electron chi connectivity index (χ3n) is 2.09. The quantitative estimate of drug-likeness (QED) is 0.706. The van der Waals surface area contributed by atoms with Crippen molar-refractivity contribution < 1.29 is 9.90 Å². The molecule has 0 saturated heterocycles. The third kappa shape index (κ3) is 1.44. The molecule has 1 saturated carbocycles. The number of aromatic nitrogens is 2. The van der Waals surface area contributed by atoms with Crippen LogP contribution in [0.1, 0.15) is 12.8 Å². The van der Waals surface area contributed by atoms with Gasteiger partial charge in [0.15, 0.2) is 0 Å². The van der Waals surface area contributed by atoms with E-state index in [0.717, 1.165) is 0 Å². The lowest BCUT2D eigenvalue weighted by Gasteiger charge is -2.11. The average Bonchev–Trinajstić information content (AvgIpc) is 2.87. The van der Waals surface area contributed by atoms with Crippen LogP contribution in [0.5, 0.6) is 0 Å². The molecule has 0 unspecified atom stereocenters. The highest BCUT2D eigenvalue weighted by molar-refractivity contribution is 5.85. The first-order valence-corrected chi connectivity index (χ1v) is 4.01. The number of carboxylic acid groups (broad SMARTS) is 1. The van der Waals surface area contributed by atoms with Gasteiger partial charge >= 0.3 is 5.97 Å². The Labute approximate surface area is 74.8 Å². The van der Waals surface area contributed by atoms with E-state index in [1.807, 2.05) is 0 Å². The summed E-state index contributed by atoms with van der Waals surface area (Å²) in [7, 11) is 0. The molecule has 0 aromatic carbocycles. The minimum Gasteiger partial charge on any atom is -0.480 e. The van der Waals surface area contributed by atoms with Crippen LogP contribution >= 0.6 is 0 Å². The van der Waals surface area contributed by atoms with Crippen LogP contribution in [0.3, 0.4) is 0 Å². The highest BCUT2D eigenvalue weighted by Gasteiger charge is 2.50. The maximum absolute atomic E-state index is 10.8. The highest BCUT2D eigenvalue weighted by Crippen LogP contribution is 2.38. The number of carboxylic acids is 1. The zero-order chi connectivity index (χ0) is 9.31. The smallest absolute Gasteiger partial charge is 0.329 e. The summed E-state index contributed by atoms with van der Waals surface area (Å²) in [6.45, 7) is 0. The van der Waals surface area contributed by atoms with Crippen molar-refractivity contribution in [2.45, 2.75) is 18.4 Å². The standard InChI is InChI=1S/C8H9N3O2/c12-7(13)8(1-2-8)11-6-5-9-3-4-10-6/h3-5H,1-2H2,(H,10,11)(H,12,13). The molecule has 0 bridgehead atoms. The average molecular weight is 179 g/mol. The highest BCUT2D eigenvalue weighted by atomic mass is 16.4. The molecule has 2 N–H and O–H groups in total. The van der Waals surface area contributed by atoms with Crippen LogP contribution in [0.4, 0.5) is 5.82 Å². The topological polar surface area (TPSA) is 75.1 Å². The predicted octanol–water partition coefficient (Wildman–Crippen LogP) is 0.506. The Morgan fingerprint density at radius 2 is 2.31 bits per heavy atom. The molecule has 5 nitrogen and oxygen atoms in total. The van der Waals surface area contributed by atoms with Gasteiger partial charge in [-0.15, -0.1) is 0 Å². The van der Waals surface area contributed by atoms with Crippen LogP contribution in [0, 0.1) is 0 Å². The number of nitrogens with zero attached hydrogens (tertiary/aromatic N) is 2. The van der Waals surface area contributed by atoms with Crippen LogP contribution in [-0.4, -0.2) is 26.6 Å². The van der Waals surface area contributed by atoms with Gasteiger partial charge in [0.05, 0.1) is 6.20 Å². The molecule has 0 aliphatic heterocycles. The normalized spacial score (nSPS) is 17.8. The zero-order valence-corrected chi connectivity index (χ0v) is 6.90. The Morgan fingerprint density at radius 3 is 2.77 bits per heavy atom. The van der Waals surface area contributed by atoms with Crippen LogP contribution in [0.25, 0.3) is 0 Å². The molecule has 1 fully saturated rings. The van der Waals surface area contributed by atoms with E-state index >= 15 is 0 Å². The van der Waals surface area contributed by atoms with E-state index in [-0.39, 0.29) is 0 Å². The second kappa shape index (κ2) is 2.69. The van der Waals surface area contributed by atoms with Crippen molar-refractivity contribution in [1.82, 2.24) is 9.97 Å². The van der Waals surface area contributed by atoms with Gasteiger partial charge in [-0.05, 0) is 12.8 Å². The molecule has 0 atom stereocenters. The molecule has 5 heteroatoms. The van der Waals surface area contributed by atoms with Gasteiger partial charge in [0.25, 0.3) is 0 Å². The van der Waals surface area contributed by atoms with Gasteiger partial charge in [0.1, 0.15) is 11.4 Å². The molecule has 0 radical (unpaired) electrons. The third-order valence-corrected chi connectivity index (χ3v) is 2.09. The first kappa shape index (κ1) is 7.97. The van der Waals surface area contributed by atoms with E-state index in [2.05, 4.69) is 15.3 Å². The van der Waals surface area contributed by atoms with Gasteiger partial charge < -0.3 is 10.4 Å². The second-order valence-corrected chi connectivity index (χ2v) is 3.10. The van der Waals surface area contributed by atoms with Gasteiger partial charge in [0, 0.05) is 12.4 Å². The first-order valence-electron chi connectivity index (χ1n) is 4.01. The molecular formula is C8H9N3O2. The van der Waals surface area contributed by atoms with Crippen molar-refractivity contribution in [3.63, 3.8) is 0 Å². The molecule has 1 aromatic rings. The summed E-state index contributed by atoms with van der Waals surface area (Å²) in [4.78, 5) is 18.6. The fourth-order valence-corrected chi connectivity index (χ4v) is 1.13. The van der Waals surface area contributed by atoms with Crippen molar-refractivity contribution in [3.05, 3.63) is 18.6 Å². The summed E-state index contributed by atoms with van der Waals surface area (Å²) in [6, 6.07) is 0. The van der Waals surface area contributed by atoms with Crippen molar-refractivity contribution in [2.24, 2.45) is 0 Å². The number of aliphatic carboxylic acids is 1. The molecule has 1 aliphatic rings. The van der Waals surface area contributed by atoms with E-state index in [1.54, 1.807) is 6.20 Å². The van der Waals surface area contributed by atoms with Gasteiger partial charge in [0.2, 0.25) is 0 Å². The van der Waals surface area contributed by atoms with E-state index < -0.39 is 11.5 Å². The number of hydrogen-bond acceptors (Lipinski definition) is 4. The van der Waals surface area contributed by atoms with Crippen LogP contribution in [0.2, 0.25) is 0 Å². The maximum Gasteiger partial charge on any atom is 0.329 e. The fourth-order valence-electron chi connectivity index (χ4n) is 1.13. The van der Waals surface area contributed by atoms with Crippen LogP contribution in [-0.2, 0) is 4.79 Å². The van der Waals surface area contributed by atoms with Gasteiger partial charge in [-0.1, -0.05) is 0 Å². The lowest BCUT2D eigenvalue weighted by Crippen LogP contribution is -2.31. The Hall–Kier alpha value is -1.65. The fraction of sp³-hybridized carbons (Fsp3) is 0.375. The summed E-state index contributed by atoms with van der Waals surface area (Å²) in [5, 5.41) is 11.7. The molecule has 0 spiro atoms. The molecule has 1 aliphatic carbocycles. The molecule has 1 heterocycles. The first-order chi connectivity index (χ1) is 6.23. The largest absolute Gasteiger partial charge is 0.480 e. The summed E-state index contributed by atoms with van der Waals surface area (Å²) in [5.41, 5.74) is -0.782. The monoisotopic (exact) mass is 179 g/mol. The molecule has 1 aromatic heterocycles.